The van der Waals surface area contributed by atoms with Crippen molar-refractivity contribution in [3.05, 3.63) is 40.2 Å². The van der Waals surface area contributed by atoms with Crippen LogP contribution in [0.3, 0.4) is 0 Å². The summed E-state index contributed by atoms with van der Waals surface area (Å²) in [4.78, 5) is 12.4. The van der Waals surface area contributed by atoms with E-state index in [0.29, 0.717) is 11.3 Å². The van der Waals surface area contributed by atoms with Crippen LogP contribution in [0.4, 0.5) is 0 Å². The van der Waals surface area contributed by atoms with Gasteiger partial charge in [-0.25, -0.2) is 0 Å². The molecule has 1 aromatic carbocycles. The molecular weight excluding hydrogens is 299 g/mol. The van der Waals surface area contributed by atoms with Gasteiger partial charge in [-0.05, 0) is 18.2 Å². The van der Waals surface area contributed by atoms with Crippen LogP contribution in [0.5, 0.6) is 5.75 Å². The molecule has 2 rings (SSSR count). The Bertz CT molecular complexity index is 744. The number of rotatable bonds is 5. The molecule has 7 nitrogen and oxygen atoms in total. The van der Waals surface area contributed by atoms with Crippen LogP contribution in [-0.2, 0) is 13.6 Å². The van der Waals surface area contributed by atoms with Crippen molar-refractivity contribution in [1.82, 2.24) is 0 Å². The SMILES string of the molecule is COc1ccc2occ(C(O)P(=O)(OC)OC)c(=O)c2c1. The molecule has 0 aliphatic carbocycles. The third kappa shape index (κ3) is 2.73. The molecule has 1 heterocycles. The molecule has 0 fully saturated rings. The molecule has 0 saturated heterocycles. The predicted octanol–water partition coefficient (Wildman–Crippen LogP) is 2.28. The summed E-state index contributed by atoms with van der Waals surface area (Å²) in [6.45, 7) is 0. The van der Waals surface area contributed by atoms with E-state index < -0.39 is 18.9 Å². The van der Waals surface area contributed by atoms with E-state index in [9.17, 15) is 14.5 Å². The smallest absolute Gasteiger partial charge is 0.363 e. The molecule has 0 spiro atoms. The van der Waals surface area contributed by atoms with E-state index in [1.54, 1.807) is 12.1 Å². The first-order valence-electron chi connectivity index (χ1n) is 5.95. The van der Waals surface area contributed by atoms with Gasteiger partial charge in [0.05, 0.1) is 18.1 Å². The minimum Gasteiger partial charge on any atom is -0.497 e. The van der Waals surface area contributed by atoms with Gasteiger partial charge >= 0.3 is 7.60 Å². The zero-order valence-corrected chi connectivity index (χ0v) is 12.6. The molecule has 21 heavy (non-hydrogen) atoms. The first-order chi connectivity index (χ1) is 9.96. The normalized spacial score (nSPS) is 13.3. The lowest BCUT2D eigenvalue weighted by atomic mass is 10.1. The Hall–Kier alpha value is -1.66. The van der Waals surface area contributed by atoms with Gasteiger partial charge in [0.15, 0.2) is 11.3 Å². The standard InChI is InChI=1S/C13H15O7P/c1-17-8-4-5-11-9(6-8)12(14)10(7-20-11)13(15)21(16,18-2)19-3/h4-7,13,15H,1-3H3. The molecule has 0 radical (unpaired) electrons. The lowest BCUT2D eigenvalue weighted by Crippen LogP contribution is -2.15. The Morgan fingerprint density at radius 2 is 1.90 bits per heavy atom. The van der Waals surface area contributed by atoms with Crippen LogP contribution >= 0.6 is 7.60 Å². The van der Waals surface area contributed by atoms with E-state index in [1.165, 1.54) is 13.2 Å². The largest absolute Gasteiger partial charge is 0.497 e. The van der Waals surface area contributed by atoms with Crippen LogP contribution in [-0.4, -0.2) is 26.4 Å². The minimum absolute atomic E-state index is 0.199. The molecule has 8 heteroatoms. The highest BCUT2D eigenvalue weighted by atomic mass is 31.2. The summed E-state index contributed by atoms with van der Waals surface area (Å²) in [6, 6.07) is 4.68. The zero-order chi connectivity index (χ0) is 15.6. The molecule has 0 saturated carbocycles. The highest BCUT2D eigenvalue weighted by molar-refractivity contribution is 7.53. The second-order valence-electron chi connectivity index (χ2n) is 4.16. The summed E-state index contributed by atoms with van der Waals surface area (Å²) in [6.07, 6.45) is 1.05. The molecule has 1 aromatic heterocycles. The Labute approximate surface area is 120 Å². The van der Waals surface area contributed by atoms with Crippen molar-refractivity contribution in [2.24, 2.45) is 0 Å². The van der Waals surface area contributed by atoms with Gasteiger partial charge in [-0.15, -0.1) is 0 Å². The maximum atomic E-state index is 12.4. The predicted molar refractivity (Wildman–Crippen MR) is 75.6 cm³/mol. The molecular formula is C13H15O7P. The molecule has 0 bridgehead atoms. The fourth-order valence-corrected chi connectivity index (χ4v) is 2.94. The summed E-state index contributed by atoms with van der Waals surface area (Å²) in [5, 5.41) is 10.3. The number of benzene rings is 1. The van der Waals surface area contributed by atoms with Crippen LogP contribution < -0.4 is 10.2 Å². The Kier molecular flexibility index (Phi) is 4.49. The first kappa shape index (κ1) is 15.7. The average molecular weight is 314 g/mol. The fraction of sp³-hybridized carbons (Fsp3) is 0.308. The van der Waals surface area contributed by atoms with Crippen LogP contribution in [0.15, 0.2) is 33.7 Å². The Balaban J connectivity index is 2.63. The van der Waals surface area contributed by atoms with Crippen molar-refractivity contribution in [3.63, 3.8) is 0 Å². The molecule has 1 N–H and O–H groups in total. The number of fused-ring (bicyclic) bond motifs is 1. The van der Waals surface area contributed by atoms with Gasteiger partial charge in [0.2, 0.25) is 0 Å². The molecule has 0 amide bonds. The van der Waals surface area contributed by atoms with E-state index in [1.807, 2.05) is 0 Å². The summed E-state index contributed by atoms with van der Waals surface area (Å²) < 4.78 is 31.9. The second-order valence-corrected chi connectivity index (χ2v) is 6.46. The quantitative estimate of drug-likeness (QED) is 0.846. The van der Waals surface area contributed by atoms with Crippen molar-refractivity contribution in [1.29, 1.82) is 0 Å². The zero-order valence-electron chi connectivity index (χ0n) is 11.7. The molecule has 1 atom stereocenters. The van der Waals surface area contributed by atoms with E-state index >= 15 is 0 Å². The summed E-state index contributed by atoms with van der Waals surface area (Å²) in [7, 11) is -0.141. The van der Waals surface area contributed by atoms with Gasteiger partial charge < -0.3 is 23.3 Å². The lowest BCUT2D eigenvalue weighted by molar-refractivity contribution is 0.174. The van der Waals surface area contributed by atoms with Crippen molar-refractivity contribution < 1.29 is 27.9 Å². The van der Waals surface area contributed by atoms with E-state index in [-0.39, 0.29) is 10.9 Å². The maximum Gasteiger partial charge on any atom is 0.363 e. The monoisotopic (exact) mass is 314 g/mol. The lowest BCUT2D eigenvalue weighted by Gasteiger charge is -2.19. The summed E-state index contributed by atoms with van der Waals surface area (Å²) in [5.41, 5.74) is -0.416. The van der Waals surface area contributed by atoms with Crippen molar-refractivity contribution in [2.75, 3.05) is 21.3 Å². The number of aliphatic hydroxyl groups is 1. The fourth-order valence-electron chi connectivity index (χ4n) is 1.87. The maximum absolute atomic E-state index is 12.4. The number of hydrogen-bond acceptors (Lipinski definition) is 7. The van der Waals surface area contributed by atoms with Gasteiger partial charge in [-0.3, -0.25) is 9.36 Å². The van der Waals surface area contributed by atoms with E-state index in [2.05, 4.69) is 0 Å². The third-order valence-electron chi connectivity index (χ3n) is 3.09. The topological polar surface area (TPSA) is 95.2 Å². The molecule has 0 aliphatic heterocycles. The molecule has 114 valence electrons. The van der Waals surface area contributed by atoms with E-state index in [4.69, 9.17) is 18.2 Å². The van der Waals surface area contributed by atoms with Gasteiger partial charge in [0.1, 0.15) is 17.6 Å². The summed E-state index contributed by atoms with van der Waals surface area (Å²) >= 11 is 0. The van der Waals surface area contributed by atoms with E-state index in [0.717, 1.165) is 20.5 Å². The molecule has 0 aliphatic rings. The number of hydrogen-bond donors (Lipinski definition) is 1. The van der Waals surface area contributed by atoms with Gasteiger partial charge in [-0.1, -0.05) is 0 Å². The highest BCUT2D eigenvalue weighted by Gasteiger charge is 2.36. The van der Waals surface area contributed by atoms with Gasteiger partial charge in [0, 0.05) is 14.2 Å². The molecule has 1 unspecified atom stereocenters. The van der Waals surface area contributed by atoms with Crippen LogP contribution in [0, 0.1) is 0 Å². The number of methoxy groups -OCH3 is 1. The highest BCUT2D eigenvalue weighted by Crippen LogP contribution is 2.57. The number of aliphatic hydroxyl groups excluding tert-OH is 1. The van der Waals surface area contributed by atoms with Crippen molar-refractivity contribution >= 4 is 18.6 Å². The Morgan fingerprint density at radius 3 is 2.48 bits per heavy atom. The van der Waals surface area contributed by atoms with Crippen LogP contribution in [0.1, 0.15) is 11.4 Å². The van der Waals surface area contributed by atoms with Gasteiger partial charge in [-0.2, -0.15) is 0 Å². The number of ether oxygens (including phenoxy) is 1. The van der Waals surface area contributed by atoms with Crippen LogP contribution in [0.25, 0.3) is 11.0 Å². The Morgan fingerprint density at radius 1 is 1.24 bits per heavy atom. The third-order valence-corrected chi connectivity index (χ3v) is 4.99. The average Bonchev–Trinajstić information content (AvgIpc) is 2.53. The van der Waals surface area contributed by atoms with Crippen LogP contribution in [0.2, 0.25) is 0 Å². The minimum atomic E-state index is -3.85. The van der Waals surface area contributed by atoms with Gasteiger partial charge in [0.25, 0.3) is 0 Å². The van der Waals surface area contributed by atoms with Crippen molar-refractivity contribution in [3.8, 4) is 5.75 Å². The summed E-state index contributed by atoms with van der Waals surface area (Å²) in [5.74, 6) is -1.28. The molecule has 2 aromatic rings. The second kappa shape index (κ2) is 5.99. The van der Waals surface area contributed by atoms with Crippen molar-refractivity contribution in [2.45, 2.75) is 5.85 Å². The first-order valence-corrected chi connectivity index (χ1v) is 7.56.